The number of nitrogens with one attached hydrogen (secondary N) is 2. The summed E-state index contributed by atoms with van der Waals surface area (Å²) in [7, 11) is 0. The number of rotatable bonds is 2. The van der Waals surface area contributed by atoms with E-state index in [-0.39, 0.29) is 6.04 Å². The zero-order chi connectivity index (χ0) is 16.0. The van der Waals surface area contributed by atoms with Crippen molar-refractivity contribution in [2.45, 2.75) is 18.5 Å². The van der Waals surface area contributed by atoms with E-state index in [4.69, 9.17) is 0 Å². The lowest BCUT2D eigenvalue weighted by molar-refractivity contribution is -0.139. The van der Waals surface area contributed by atoms with Crippen molar-refractivity contribution in [3.05, 3.63) is 69.8 Å². The van der Waals surface area contributed by atoms with Gasteiger partial charge in [-0.05, 0) is 29.3 Å². The number of hydrogen-bond donors (Lipinski definition) is 3. The summed E-state index contributed by atoms with van der Waals surface area (Å²) in [5, 5.41) is 13.9. The number of aliphatic carboxylic acids is 1. The molecule has 1 aliphatic heterocycles. The number of halogens is 1. The van der Waals surface area contributed by atoms with Gasteiger partial charge in [0.25, 0.3) is 0 Å². The third kappa shape index (κ3) is 2.46. The van der Waals surface area contributed by atoms with E-state index in [1.54, 1.807) is 0 Å². The summed E-state index contributed by atoms with van der Waals surface area (Å²) in [6.07, 6.45) is 0.488. The number of hydrogen-bond acceptors (Lipinski definition) is 2. The molecular formula is C18H15BrN2O2. The molecular weight excluding hydrogens is 356 g/mol. The minimum atomic E-state index is -0.817. The molecule has 0 saturated heterocycles. The van der Waals surface area contributed by atoms with Gasteiger partial charge < -0.3 is 10.1 Å². The van der Waals surface area contributed by atoms with Crippen molar-refractivity contribution in [2.75, 3.05) is 0 Å². The fourth-order valence-corrected chi connectivity index (χ4v) is 3.58. The van der Waals surface area contributed by atoms with Crippen LogP contribution in [-0.2, 0) is 11.2 Å². The lowest BCUT2D eigenvalue weighted by atomic mass is 9.90. The molecule has 4 rings (SSSR count). The first kappa shape index (κ1) is 14.5. The topological polar surface area (TPSA) is 65.1 Å². The van der Waals surface area contributed by atoms with E-state index in [1.165, 1.54) is 0 Å². The smallest absolute Gasteiger partial charge is 0.321 e. The first-order chi connectivity index (χ1) is 11.1. The van der Waals surface area contributed by atoms with Crippen LogP contribution in [0.4, 0.5) is 0 Å². The van der Waals surface area contributed by atoms with Crippen molar-refractivity contribution in [1.29, 1.82) is 0 Å². The van der Waals surface area contributed by atoms with E-state index in [0.717, 1.165) is 32.2 Å². The third-order valence-electron chi connectivity index (χ3n) is 4.41. The van der Waals surface area contributed by atoms with E-state index in [9.17, 15) is 9.90 Å². The fourth-order valence-electron chi connectivity index (χ4n) is 3.31. The van der Waals surface area contributed by atoms with Crippen LogP contribution in [-0.4, -0.2) is 22.1 Å². The lowest BCUT2D eigenvalue weighted by Gasteiger charge is -2.29. The molecule has 1 aliphatic rings. The number of H-pyrrole nitrogens is 1. The molecule has 0 fully saturated rings. The molecule has 4 nitrogen and oxygen atoms in total. The molecule has 0 saturated carbocycles. The second-order valence-electron chi connectivity index (χ2n) is 5.81. The van der Waals surface area contributed by atoms with Crippen LogP contribution in [0.15, 0.2) is 53.0 Å². The van der Waals surface area contributed by atoms with Gasteiger partial charge in [0.1, 0.15) is 6.04 Å². The zero-order valence-corrected chi connectivity index (χ0v) is 13.8. The van der Waals surface area contributed by atoms with E-state index in [1.807, 2.05) is 48.5 Å². The van der Waals surface area contributed by atoms with Gasteiger partial charge in [-0.3, -0.25) is 10.1 Å². The highest BCUT2D eigenvalue weighted by molar-refractivity contribution is 9.10. The lowest BCUT2D eigenvalue weighted by Crippen LogP contribution is -2.44. The molecule has 116 valence electrons. The molecule has 3 aromatic rings. The van der Waals surface area contributed by atoms with Gasteiger partial charge in [0.2, 0.25) is 0 Å². The fraction of sp³-hybridized carbons (Fsp3) is 0.167. The predicted molar refractivity (Wildman–Crippen MR) is 92.5 cm³/mol. The van der Waals surface area contributed by atoms with Crippen molar-refractivity contribution >= 4 is 32.8 Å². The van der Waals surface area contributed by atoms with Crippen LogP contribution in [0, 0.1) is 0 Å². The van der Waals surface area contributed by atoms with Crippen molar-refractivity contribution in [3.63, 3.8) is 0 Å². The van der Waals surface area contributed by atoms with Crippen LogP contribution in [0.3, 0.4) is 0 Å². The van der Waals surface area contributed by atoms with Crippen LogP contribution in [0.2, 0.25) is 0 Å². The number of para-hydroxylation sites is 1. The van der Waals surface area contributed by atoms with Gasteiger partial charge >= 0.3 is 5.97 Å². The molecule has 5 heteroatoms. The monoisotopic (exact) mass is 370 g/mol. The largest absolute Gasteiger partial charge is 0.480 e. The normalized spacial score (nSPS) is 20.4. The highest BCUT2D eigenvalue weighted by atomic mass is 79.9. The predicted octanol–water partition coefficient (Wildman–Crippen LogP) is 3.62. The molecule has 23 heavy (non-hydrogen) atoms. The van der Waals surface area contributed by atoms with Crippen LogP contribution in [0.25, 0.3) is 10.9 Å². The summed E-state index contributed by atoms with van der Waals surface area (Å²) in [5.41, 5.74) is 4.25. The Kier molecular flexibility index (Phi) is 3.47. The Morgan fingerprint density at radius 3 is 2.61 bits per heavy atom. The van der Waals surface area contributed by atoms with Crippen molar-refractivity contribution in [2.24, 2.45) is 0 Å². The summed E-state index contributed by atoms with van der Waals surface area (Å²) in [6.45, 7) is 0. The summed E-state index contributed by atoms with van der Waals surface area (Å²) >= 11 is 3.44. The first-order valence-electron chi connectivity index (χ1n) is 7.47. The molecule has 0 radical (unpaired) electrons. The molecule has 0 unspecified atom stereocenters. The molecule has 0 spiro atoms. The number of carboxylic acid groups (broad SMARTS) is 1. The number of fused-ring (bicyclic) bond motifs is 3. The standard InChI is InChI=1S/C18H15BrN2O2/c19-11-7-5-10(6-8-11)16-17-13(9-15(21-16)18(22)23)12-3-1-2-4-14(12)20-17/h1-8,15-16,20-21H,9H2,(H,22,23)/t15-,16-/m0/s1. The van der Waals surface area contributed by atoms with Gasteiger partial charge in [0.15, 0.2) is 0 Å². The Morgan fingerprint density at radius 1 is 1.13 bits per heavy atom. The number of aromatic nitrogens is 1. The average molecular weight is 371 g/mol. The number of carbonyl (C=O) groups is 1. The number of aromatic amines is 1. The maximum atomic E-state index is 11.6. The summed E-state index contributed by atoms with van der Waals surface area (Å²) in [4.78, 5) is 15.0. The highest BCUT2D eigenvalue weighted by Crippen LogP contribution is 2.35. The Balaban J connectivity index is 1.89. The second kappa shape index (κ2) is 5.51. The molecule has 1 aromatic heterocycles. The number of benzene rings is 2. The van der Waals surface area contributed by atoms with Gasteiger partial charge in [0.05, 0.1) is 6.04 Å². The Morgan fingerprint density at radius 2 is 1.87 bits per heavy atom. The van der Waals surface area contributed by atoms with Crippen molar-refractivity contribution in [1.82, 2.24) is 10.3 Å². The molecule has 0 bridgehead atoms. The van der Waals surface area contributed by atoms with Crippen molar-refractivity contribution in [3.8, 4) is 0 Å². The van der Waals surface area contributed by atoms with E-state index < -0.39 is 12.0 Å². The average Bonchev–Trinajstić information content (AvgIpc) is 2.93. The minimum absolute atomic E-state index is 0.152. The summed E-state index contributed by atoms with van der Waals surface area (Å²) in [5.74, 6) is -0.817. The van der Waals surface area contributed by atoms with E-state index >= 15 is 0 Å². The van der Waals surface area contributed by atoms with Gasteiger partial charge in [-0.2, -0.15) is 0 Å². The third-order valence-corrected chi connectivity index (χ3v) is 4.94. The molecule has 0 amide bonds. The maximum Gasteiger partial charge on any atom is 0.321 e. The quantitative estimate of drug-likeness (QED) is 0.645. The highest BCUT2D eigenvalue weighted by Gasteiger charge is 2.33. The second-order valence-corrected chi connectivity index (χ2v) is 6.72. The zero-order valence-electron chi connectivity index (χ0n) is 12.2. The van der Waals surface area contributed by atoms with Crippen molar-refractivity contribution < 1.29 is 9.90 Å². The van der Waals surface area contributed by atoms with Gasteiger partial charge in [-0.25, -0.2) is 0 Å². The molecule has 2 heterocycles. The molecule has 2 atom stereocenters. The Hall–Kier alpha value is -2.11. The maximum absolute atomic E-state index is 11.6. The number of carboxylic acids is 1. The van der Waals surface area contributed by atoms with E-state index in [0.29, 0.717) is 6.42 Å². The Bertz CT molecular complexity index is 886. The van der Waals surface area contributed by atoms with E-state index in [2.05, 4.69) is 26.2 Å². The van der Waals surface area contributed by atoms with Gasteiger partial charge in [-0.15, -0.1) is 0 Å². The first-order valence-corrected chi connectivity index (χ1v) is 8.26. The Labute approximate surface area is 141 Å². The SMILES string of the molecule is O=C(O)[C@@H]1Cc2c([nH]c3ccccc23)[C@H](c2ccc(Br)cc2)N1. The van der Waals surface area contributed by atoms with Gasteiger partial charge in [0, 0.05) is 27.5 Å². The minimum Gasteiger partial charge on any atom is -0.480 e. The van der Waals surface area contributed by atoms with Crippen LogP contribution in [0.1, 0.15) is 22.9 Å². The molecule has 2 aromatic carbocycles. The van der Waals surface area contributed by atoms with Crippen LogP contribution >= 0.6 is 15.9 Å². The van der Waals surface area contributed by atoms with Crippen LogP contribution in [0.5, 0.6) is 0 Å². The molecule has 0 aliphatic carbocycles. The molecule has 3 N–H and O–H groups in total. The summed E-state index contributed by atoms with van der Waals surface area (Å²) in [6, 6.07) is 15.3. The van der Waals surface area contributed by atoms with Gasteiger partial charge in [-0.1, -0.05) is 46.3 Å². The van der Waals surface area contributed by atoms with Crippen LogP contribution < -0.4 is 5.32 Å². The summed E-state index contributed by atoms with van der Waals surface area (Å²) < 4.78 is 1.00.